The largest absolute Gasteiger partial charge is 0.396 e. The van der Waals surface area contributed by atoms with Crippen LogP contribution in [0.5, 0.6) is 0 Å². The van der Waals surface area contributed by atoms with Crippen LogP contribution in [0.2, 0.25) is 0 Å². The monoisotopic (exact) mass is 296 g/mol. The Morgan fingerprint density at radius 3 is 1.06 bits per heavy atom. The van der Waals surface area contributed by atoms with E-state index in [1.54, 1.807) is 0 Å². The van der Waals surface area contributed by atoms with Gasteiger partial charge in [-0.1, -0.05) is 6.92 Å². The summed E-state index contributed by atoms with van der Waals surface area (Å²) in [5.74, 6) is 0.0972. The molecular weight excluding hydrogens is 276 g/mol. The molecule has 0 fully saturated rings. The summed E-state index contributed by atoms with van der Waals surface area (Å²) < 4.78 is 51.7. The Morgan fingerprint density at radius 1 is 0.882 bits per heavy atom. The van der Waals surface area contributed by atoms with Gasteiger partial charge in [-0.15, -0.1) is 0 Å². The fourth-order valence-corrected chi connectivity index (χ4v) is 0.316. The van der Waals surface area contributed by atoms with Crippen molar-refractivity contribution in [3.05, 3.63) is 0 Å². The van der Waals surface area contributed by atoms with Crippen LogP contribution in [-0.4, -0.2) is 61.9 Å². The smallest absolute Gasteiger partial charge is 0.261 e. The molecule has 0 radical (unpaired) electrons. The van der Waals surface area contributed by atoms with Gasteiger partial charge in [0.1, 0.15) is 0 Å². The van der Waals surface area contributed by atoms with Crippen LogP contribution in [0.15, 0.2) is 0 Å². The zero-order valence-electron chi connectivity index (χ0n) is 9.94. The van der Waals surface area contributed by atoms with Crippen LogP contribution in [-0.2, 0) is 20.2 Å². The average Bonchev–Trinajstić information content (AvgIpc) is 2.01. The maximum absolute atomic E-state index is 9.19. The van der Waals surface area contributed by atoms with E-state index in [1.807, 2.05) is 6.92 Å². The number of aliphatic hydroxyl groups excluding tert-OH is 2. The molecule has 4 N–H and O–H groups in total. The van der Waals surface area contributed by atoms with E-state index in [9.17, 15) is 16.8 Å². The second-order valence-corrected chi connectivity index (χ2v) is 6.04. The number of hydrogen-bond acceptors (Lipinski definition) is 6. The van der Waals surface area contributed by atoms with Gasteiger partial charge in [0.2, 0.25) is 0 Å². The second-order valence-electron chi connectivity index (χ2n) is 3.11. The summed E-state index contributed by atoms with van der Waals surface area (Å²) in [6.07, 6.45) is 2.28. The lowest BCUT2D eigenvalue weighted by atomic mass is 10.1. The van der Waals surface area contributed by atoms with Gasteiger partial charge in [0.05, 0.1) is 12.5 Å². The molecule has 0 aromatic carbocycles. The molecule has 0 heterocycles. The van der Waals surface area contributed by atoms with E-state index in [0.717, 1.165) is 6.42 Å². The van der Waals surface area contributed by atoms with Gasteiger partial charge in [-0.25, -0.2) is 0 Å². The predicted octanol–water partition coefficient (Wildman–Crippen LogP) is -0.995. The van der Waals surface area contributed by atoms with Crippen LogP contribution >= 0.6 is 0 Å². The highest BCUT2D eigenvalue weighted by Gasteiger charge is 1.98. The van der Waals surface area contributed by atoms with Crippen molar-refractivity contribution in [2.75, 3.05) is 25.7 Å². The SMILES string of the molecule is CCC(CO)CO.CS(=O)(=O)O.CS(=O)(=O)O. The first kappa shape index (κ1) is 22.0. The van der Waals surface area contributed by atoms with E-state index in [0.29, 0.717) is 12.5 Å². The van der Waals surface area contributed by atoms with E-state index in [1.165, 1.54) is 0 Å². The van der Waals surface area contributed by atoms with Gasteiger partial charge in [-0.2, -0.15) is 16.8 Å². The summed E-state index contributed by atoms with van der Waals surface area (Å²) in [5, 5.41) is 16.7. The van der Waals surface area contributed by atoms with E-state index in [-0.39, 0.29) is 19.1 Å². The van der Waals surface area contributed by atoms with Gasteiger partial charge in [0, 0.05) is 19.1 Å². The summed E-state index contributed by atoms with van der Waals surface area (Å²) in [7, 11) is -7.33. The molecule has 108 valence electrons. The molecule has 0 amide bonds. The Labute approximate surface area is 102 Å². The molecule has 0 aliphatic heterocycles. The molecule has 17 heavy (non-hydrogen) atoms. The first-order valence-corrected chi connectivity index (χ1v) is 8.11. The van der Waals surface area contributed by atoms with Gasteiger partial charge in [0.25, 0.3) is 20.2 Å². The molecule has 8 nitrogen and oxygen atoms in total. The summed E-state index contributed by atoms with van der Waals surface area (Å²) in [6.45, 7) is 2.15. The summed E-state index contributed by atoms with van der Waals surface area (Å²) in [4.78, 5) is 0. The predicted molar refractivity (Wildman–Crippen MR) is 62.9 cm³/mol. The van der Waals surface area contributed by atoms with Crippen molar-refractivity contribution in [1.82, 2.24) is 0 Å². The second kappa shape index (κ2) is 10.9. The third-order valence-electron chi connectivity index (χ3n) is 1.09. The van der Waals surface area contributed by atoms with Gasteiger partial charge < -0.3 is 10.2 Å². The Bertz CT molecular complexity index is 289. The molecule has 10 heteroatoms. The summed E-state index contributed by atoms with van der Waals surface area (Å²) >= 11 is 0. The third-order valence-corrected chi connectivity index (χ3v) is 1.09. The van der Waals surface area contributed by atoms with E-state index < -0.39 is 20.2 Å². The first-order valence-electron chi connectivity index (χ1n) is 4.41. The highest BCUT2D eigenvalue weighted by molar-refractivity contribution is 7.85. The Hall–Kier alpha value is -0.260. The molecule has 0 saturated heterocycles. The molecule has 0 bridgehead atoms. The fourth-order valence-electron chi connectivity index (χ4n) is 0.316. The molecule has 0 unspecified atom stereocenters. The maximum atomic E-state index is 9.19. The lowest BCUT2D eigenvalue weighted by Crippen LogP contribution is -2.08. The molecule has 0 rings (SSSR count). The van der Waals surface area contributed by atoms with Crippen LogP contribution in [0, 0.1) is 5.92 Å². The van der Waals surface area contributed by atoms with Crippen LogP contribution in [0.3, 0.4) is 0 Å². The standard InChI is InChI=1S/C5H12O2.2CH4O3S/c1-2-5(3-6)4-7;2*1-5(2,3)4/h5-7H,2-4H2,1H3;2*1H3,(H,2,3,4). The minimum atomic E-state index is -3.67. The van der Waals surface area contributed by atoms with Crippen molar-refractivity contribution >= 4 is 20.2 Å². The number of rotatable bonds is 3. The highest BCUT2D eigenvalue weighted by atomic mass is 32.2. The van der Waals surface area contributed by atoms with Crippen molar-refractivity contribution in [2.24, 2.45) is 5.92 Å². The first-order chi connectivity index (χ1) is 7.35. The zero-order valence-corrected chi connectivity index (χ0v) is 11.6. The average molecular weight is 296 g/mol. The maximum Gasteiger partial charge on any atom is 0.261 e. The van der Waals surface area contributed by atoms with Gasteiger partial charge >= 0.3 is 0 Å². The van der Waals surface area contributed by atoms with Crippen molar-refractivity contribution in [1.29, 1.82) is 0 Å². The molecule has 0 aliphatic rings. The van der Waals surface area contributed by atoms with E-state index in [4.69, 9.17) is 19.3 Å². The Balaban J connectivity index is -0.000000177. The topological polar surface area (TPSA) is 149 Å². The van der Waals surface area contributed by atoms with E-state index in [2.05, 4.69) is 0 Å². The normalized spacial score (nSPS) is 11.1. The van der Waals surface area contributed by atoms with Crippen LogP contribution in [0.4, 0.5) is 0 Å². The van der Waals surface area contributed by atoms with Crippen LogP contribution < -0.4 is 0 Å². The summed E-state index contributed by atoms with van der Waals surface area (Å²) in [5.41, 5.74) is 0. The van der Waals surface area contributed by atoms with Crippen molar-refractivity contribution in [2.45, 2.75) is 13.3 Å². The minimum Gasteiger partial charge on any atom is -0.396 e. The van der Waals surface area contributed by atoms with Gasteiger partial charge in [-0.3, -0.25) is 9.11 Å². The molecule has 0 aromatic heterocycles. The Kier molecular flexibility index (Phi) is 14.0. The summed E-state index contributed by atoms with van der Waals surface area (Å²) in [6, 6.07) is 0. The third kappa shape index (κ3) is 90.2. The molecule has 0 atom stereocenters. The molecule has 0 aromatic rings. The fraction of sp³-hybridized carbons (Fsp3) is 1.00. The van der Waals surface area contributed by atoms with Crippen molar-refractivity contribution in [3.8, 4) is 0 Å². The number of aliphatic hydroxyl groups is 2. The Morgan fingerprint density at radius 2 is 1.06 bits per heavy atom. The van der Waals surface area contributed by atoms with E-state index >= 15 is 0 Å². The molecule has 0 saturated carbocycles. The molecule has 0 spiro atoms. The van der Waals surface area contributed by atoms with Gasteiger partial charge in [-0.05, 0) is 6.42 Å². The minimum absolute atomic E-state index is 0.0972. The van der Waals surface area contributed by atoms with Crippen LogP contribution in [0.25, 0.3) is 0 Å². The van der Waals surface area contributed by atoms with Gasteiger partial charge in [0.15, 0.2) is 0 Å². The lowest BCUT2D eigenvalue weighted by Gasteiger charge is -2.03. The van der Waals surface area contributed by atoms with Crippen molar-refractivity contribution in [3.63, 3.8) is 0 Å². The lowest BCUT2D eigenvalue weighted by molar-refractivity contribution is 0.147. The van der Waals surface area contributed by atoms with Crippen molar-refractivity contribution < 1.29 is 36.2 Å². The molecule has 0 aliphatic carbocycles. The van der Waals surface area contributed by atoms with Crippen LogP contribution in [0.1, 0.15) is 13.3 Å². The highest BCUT2D eigenvalue weighted by Crippen LogP contribution is 1.96. The quantitative estimate of drug-likeness (QED) is 0.485. The molecular formula is C7H20O8S2. The zero-order chi connectivity index (χ0) is 14.7. The number of hydrogen-bond donors (Lipinski definition) is 4.